The quantitative estimate of drug-likeness (QED) is 0.545. The van der Waals surface area contributed by atoms with Gasteiger partial charge in [-0.15, -0.1) is 0 Å². The van der Waals surface area contributed by atoms with E-state index in [2.05, 4.69) is 30.6 Å². The van der Waals surface area contributed by atoms with E-state index in [0.717, 1.165) is 0 Å². The number of aromatic nitrogens is 4. The van der Waals surface area contributed by atoms with Gasteiger partial charge in [0.25, 0.3) is 0 Å². The fourth-order valence-electron chi connectivity index (χ4n) is 1.86. The van der Waals surface area contributed by atoms with E-state index in [1.807, 2.05) is 0 Å². The highest BCUT2D eigenvalue weighted by Crippen LogP contribution is 2.32. The van der Waals surface area contributed by atoms with Crippen LogP contribution in [0.15, 0.2) is 55.2 Å². The van der Waals surface area contributed by atoms with Gasteiger partial charge in [-0.05, 0) is 24.3 Å². The van der Waals surface area contributed by atoms with Crippen LogP contribution in [0.4, 0.5) is 28.8 Å². The summed E-state index contributed by atoms with van der Waals surface area (Å²) in [6.07, 6.45) is 5.96. The molecular formula is C14H11N7O2. The molecule has 9 heteroatoms. The van der Waals surface area contributed by atoms with Crippen molar-refractivity contribution in [2.75, 3.05) is 10.6 Å². The molecule has 3 heterocycles. The van der Waals surface area contributed by atoms with Gasteiger partial charge in [0.05, 0.1) is 4.92 Å². The van der Waals surface area contributed by atoms with E-state index in [1.165, 1.54) is 6.33 Å². The molecule has 0 saturated heterocycles. The number of anilines is 4. The van der Waals surface area contributed by atoms with E-state index in [1.54, 1.807) is 48.9 Å². The first-order valence-corrected chi connectivity index (χ1v) is 6.58. The van der Waals surface area contributed by atoms with Crippen LogP contribution in [0, 0.1) is 10.1 Å². The third-order valence-electron chi connectivity index (χ3n) is 2.86. The minimum absolute atomic E-state index is 0.0558. The van der Waals surface area contributed by atoms with Crippen molar-refractivity contribution in [3.63, 3.8) is 0 Å². The van der Waals surface area contributed by atoms with E-state index in [0.29, 0.717) is 11.5 Å². The maximum absolute atomic E-state index is 11.4. The third-order valence-corrected chi connectivity index (χ3v) is 2.86. The average molecular weight is 309 g/mol. The largest absolute Gasteiger partial charge is 0.353 e. The fraction of sp³-hybridized carbons (Fsp3) is 0. The summed E-state index contributed by atoms with van der Waals surface area (Å²) >= 11 is 0. The Morgan fingerprint density at radius 2 is 1.65 bits per heavy atom. The van der Waals surface area contributed by atoms with Crippen LogP contribution in [0.3, 0.4) is 0 Å². The van der Waals surface area contributed by atoms with Crippen molar-refractivity contribution in [3.8, 4) is 0 Å². The molecule has 0 aliphatic heterocycles. The number of hydrogen-bond acceptors (Lipinski definition) is 8. The van der Waals surface area contributed by atoms with Gasteiger partial charge in [0, 0.05) is 24.3 Å². The van der Waals surface area contributed by atoms with Crippen molar-refractivity contribution in [1.29, 1.82) is 0 Å². The Labute approximate surface area is 130 Å². The Hall–Kier alpha value is -3.62. The molecule has 114 valence electrons. The van der Waals surface area contributed by atoms with Crippen molar-refractivity contribution in [1.82, 2.24) is 19.9 Å². The second kappa shape index (κ2) is 6.43. The maximum Gasteiger partial charge on any atom is 0.353 e. The second-order valence-corrected chi connectivity index (χ2v) is 4.38. The van der Waals surface area contributed by atoms with E-state index in [4.69, 9.17) is 0 Å². The van der Waals surface area contributed by atoms with Gasteiger partial charge < -0.3 is 10.6 Å². The molecule has 0 aliphatic rings. The van der Waals surface area contributed by atoms with E-state index in [-0.39, 0.29) is 17.3 Å². The number of hydrogen-bond donors (Lipinski definition) is 2. The third kappa shape index (κ3) is 3.35. The molecular weight excluding hydrogens is 298 g/mol. The number of nitro groups is 1. The molecule has 3 aromatic rings. The highest BCUT2D eigenvalue weighted by molar-refractivity contribution is 5.75. The lowest BCUT2D eigenvalue weighted by molar-refractivity contribution is -0.383. The van der Waals surface area contributed by atoms with Gasteiger partial charge in [-0.1, -0.05) is 6.07 Å². The van der Waals surface area contributed by atoms with Crippen LogP contribution in [-0.2, 0) is 0 Å². The molecule has 3 rings (SSSR count). The van der Waals surface area contributed by atoms with Crippen LogP contribution in [0.5, 0.6) is 0 Å². The van der Waals surface area contributed by atoms with Crippen LogP contribution in [0.25, 0.3) is 0 Å². The van der Waals surface area contributed by atoms with Gasteiger partial charge in [0.1, 0.15) is 12.1 Å². The van der Waals surface area contributed by atoms with Crippen LogP contribution >= 0.6 is 0 Å². The number of nitrogens with one attached hydrogen (secondary N) is 2. The van der Waals surface area contributed by atoms with Gasteiger partial charge >= 0.3 is 5.69 Å². The van der Waals surface area contributed by atoms with Crippen LogP contribution in [0.2, 0.25) is 0 Å². The number of pyridine rings is 2. The predicted molar refractivity (Wildman–Crippen MR) is 83.7 cm³/mol. The first kappa shape index (κ1) is 14.3. The number of nitrogens with zero attached hydrogens (tertiary/aromatic N) is 5. The Balaban J connectivity index is 1.97. The van der Waals surface area contributed by atoms with Crippen molar-refractivity contribution in [3.05, 3.63) is 65.4 Å². The van der Waals surface area contributed by atoms with Gasteiger partial charge in [-0.25, -0.2) is 15.0 Å². The topological polar surface area (TPSA) is 119 Å². The van der Waals surface area contributed by atoms with Crippen LogP contribution < -0.4 is 10.6 Å². The smallest absolute Gasteiger partial charge is 0.334 e. The van der Waals surface area contributed by atoms with E-state index in [9.17, 15) is 10.1 Å². The fourth-order valence-corrected chi connectivity index (χ4v) is 1.86. The lowest BCUT2D eigenvalue weighted by Gasteiger charge is -2.09. The normalized spacial score (nSPS) is 10.1. The zero-order chi connectivity index (χ0) is 16.1. The van der Waals surface area contributed by atoms with Crippen LogP contribution in [-0.4, -0.2) is 24.9 Å². The SMILES string of the molecule is O=[N+]([O-])c1c(Nc2ccncc2)ncnc1Nc1ccccn1. The van der Waals surface area contributed by atoms with Crippen molar-refractivity contribution in [2.24, 2.45) is 0 Å². The molecule has 0 bridgehead atoms. The minimum atomic E-state index is -0.547. The second-order valence-electron chi connectivity index (χ2n) is 4.38. The molecule has 23 heavy (non-hydrogen) atoms. The van der Waals surface area contributed by atoms with Crippen molar-refractivity contribution < 1.29 is 4.92 Å². The summed E-state index contributed by atoms with van der Waals surface area (Å²) in [4.78, 5) is 26.7. The van der Waals surface area contributed by atoms with Gasteiger partial charge in [-0.2, -0.15) is 0 Å². The molecule has 0 saturated carbocycles. The Kier molecular flexibility index (Phi) is 4.01. The van der Waals surface area contributed by atoms with Gasteiger partial charge in [0.2, 0.25) is 11.6 Å². The molecule has 0 fully saturated rings. The monoisotopic (exact) mass is 309 g/mol. The van der Waals surface area contributed by atoms with Gasteiger partial charge in [0.15, 0.2) is 0 Å². The molecule has 0 atom stereocenters. The molecule has 0 spiro atoms. The van der Waals surface area contributed by atoms with E-state index < -0.39 is 4.92 Å². The molecule has 0 amide bonds. The van der Waals surface area contributed by atoms with Crippen molar-refractivity contribution >= 4 is 28.8 Å². The Morgan fingerprint density at radius 3 is 2.30 bits per heavy atom. The van der Waals surface area contributed by atoms with E-state index >= 15 is 0 Å². The summed E-state index contributed by atoms with van der Waals surface area (Å²) < 4.78 is 0. The zero-order valence-corrected chi connectivity index (χ0v) is 11.7. The summed E-state index contributed by atoms with van der Waals surface area (Å²) in [5, 5.41) is 17.1. The molecule has 0 aromatic carbocycles. The first-order valence-electron chi connectivity index (χ1n) is 6.58. The standard InChI is InChI=1S/C14H11N7O2/c22-21(23)12-13(19-10-4-7-15-8-5-10)17-9-18-14(12)20-11-3-1-2-6-16-11/h1-9H,(H2,15,16,17,18,19,20). The lowest BCUT2D eigenvalue weighted by atomic mass is 10.3. The van der Waals surface area contributed by atoms with Crippen molar-refractivity contribution in [2.45, 2.75) is 0 Å². The number of rotatable bonds is 5. The minimum Gasteiger partial charge on any atom is -0.334 e. The summed E-state index contributed by atoms with van der Waals surface area (Å²) in [6.45, 7) is 0. The molecule has 0 aliphatic carbocycles. The van der Waals surface area contributed by atoms with Crippen LogP contribution in [0.1, 0.15) is 0 Å². The predicted octanol–water partition coefficient (Wildman–Crippen LogP) is 2.66. The summed E-state index contributed by atoms with van der Waals surface area (Å²) in [6, 6.07) is 8.55. The molecule has 9 nitrogen and oxygen atoms in total. The lowest BCUT2D eigenvalue weighted by Crippen LogP contribution is -2.06. The van der Waals surface area contributed by atoms with Gasteiger partial charge in [-0.3, -0.25) is 15.1 Å². The molecule has 0 radical (unpaired) electrons. The zero-order valence-electron chi connectivity index (χ0n) is 11.7. The molecule has 3 aromatic heterocycles. The molecule has 0 unspecified atom stereocenters. The maximum atomic E-state index is 11.4. The summed E-state index contributed by atoms with van der Waals surface area (Å²) in [5.41, 5.74) is 0.362. The first-order chi connectivity index (χ1) is 11.2. The summed E-state index contributed by atoms with van der Waals surface area (Å²) in [7, 11) is 0. The Bertz CT molecular complexity index is 752. The highest BCUT2D eigenvalue weighted by Gasteiger charge is 2.23. The molecule has 2 N–H and O–H groups in total. The Morgan fingerprint density at radius 1 is 0.913 bits per heavy atom. The highest BCUT2D eigenvalue weighted by atomic mass is 16.6. The average Bonchev–Trinajstić information content (AvgIpc) is 2.56. The summed E-state index contributed by atoms with van der Waals surface area (Å²) in [5.74, 6) is 0.582.